The Morgan fingerprint density at radius 2 is 1.42 bits per heavy atom. The van der Waals surface area contributed by atoms with Gasteiger partial charge in [-0.2, -0.15) is 0 Å². The number of nitrogens with one attached hydrogen (secondary N) is 2. The monoisotopic (exact) mass is 358 g/mol. The second kappa shape index (κ2) is 7.51. The molecule has 0 saturated heterocycles. The number of hydrogen-bond donors (Lipinski definition) is 2. The summed E-state index contributed by atoms with van der Waals surface area (Å²) in [5, 5.41) is 7.98. The largest absolute Gasteiger partial charge is 0.366 e. The zero-order valence-electron chi connectivity index (χ0n) is 13.1. The first-order valence-electron chi connectivity index (χ1n) is 7.45. The Kier molecular flexibility index (Phi) is 5.18. The number of nitrogens with zero attached hydrogens (tertiary/aromatic N) is 2. The summed E-state index contributed by atoms with van der Waals surface area (Å²) in [5.41, 5.74) is 2.05. The van der Waals surface area contributed by atoms with Crippen LogP contribution in [0.1, 0.15) is 11.4 Å². The molecule has 0 amide bonds. The van der Waals surface area contributed by atoms with Crippen LogP contribution < -0.4 is 10.6 Å². The molecule has 0 fully saturated rings. The Balaban J connectivity index is 1.71. The molecular weight excluding hydrogens is 343 g/mol. The minimum atomic E-state index is 0.661. The number of aromatic nitrogens is 2. The van der Waals surface area contributed by atoms with E-state index >= 15 is 0 Å². The lowest BCUT2D eigenvalue weighted by atomic mass is 10.2. The van der Waals surface area contributed by atoms with Crippen molar-refractivity contribution in [1.82, 2.24) is 9.97 Å². The second-order valence-electron chi connectivity index (χ2n) is 5.30. The molecule has 0 saturated carbocycles. The smallest absolute Gasteiger partial charge is 0.136 e. The van der Waals surface area contributed by atoms with Crippen molar-refractivity contribution in [3.63, 3.8) is 0 Å². The first-order chi connectivity index (χ1) is 11.6. The van der Waals surface area contributed by atoms with Gasteiger partial charge in [0.05, 0.1) is 0 Å². The molecule has 1 heterocycles. The van der Waals surface area contributed by atoms with Crippen LogP contribution in [-0.4, -0.2) is 9.97 Å². The lowest BCUT2D eigenvalue weighted by molar-refractivity contribution is 1.03. The minimum Gasteiger partial charge on any atom is -0.366 e. The second-order valence-corrected chi connectivity index (χ2v) is 6.17. The van der Waals surface area contributed by atoms with Gasteiger partial charge in [0.25, 0.3) is 0 Å². The van der Waals surface area contributed by atoms with Gasteiger partial charge in [0.1, 0.15) is 17.5 Å². The predicted molar refractivity (Wildman–Crippen MR) is 100 cm³/mol. The van der Waals surface area contributed by atoms with Gasteiger partial charge in [-0.25, -0.2) is 9.97 Å². The lowest BCUT2D eigenvalue weighted by Crippen LogP contribution is -2.05. The van der Waals surface area contributed by atoms with E-state index in [9.17, 15) is 0 Å². The highest BCUT2D eigenvalue weighted by Gasteiger charge is 2.03. The van der Waals surface area contributed by atoms with Crippen LogP contribution in [0.15, 0.2) is 54.6 Å². The van der Waals surface area contributed by atoms with E-state index in [0.29, 0.717) is 17.4 Å². The van der Waals surface area contributed by atoms with Crippen molar-refractivity contribution in [2.75, 3.05) is 10.6 Å². The average Bonchev–Trinajstić information content (AvgIpc) is 2.56. The lowest BCUT2D eigenvalue weighted by Gasteiger charge is -2.10. The van der Waals surface area contributed by atoms with Gasteiger partial charge in [-0.15, -0.1) is 0 Å². The predicted octanol–water partition coefficient (Wildman–Crippen LogP) is 5.45. The Labute approximate surface area is 150 Å². The maximum atomic E-state index is 5.90. The molecule has 6 heteroatoms. The van der Waals surface area contributed by atoms with Gasteiger partial charge in [-0.3, -0.25) is 0 Å². The zero-order valence-corrected chi connectivity index (χ0v) is 14.6. The van der Waals surface area contributed by atoms with E-state index in [0.717, 1.165) is 27.9 Å². The van der Waals surface area contributed by atoms with Crippen LogP contribution in [0.3, 0.4) is 0 Å². The Morgan fingerprint density at radius 1 is 0.833 bits per heavy atom. The van der Waals surface area contributed by atoms with Gasteiger partial charge in [0, 0.05) is 28.3 Å². The number of halogens is 2. The highest BCUT2D eigenvalue weighted by Crippen LogP contribution is 2.20. The summed E-state index contributed by atoms with van der Waals surface area (Å²) in [6, 6.07) is 17.1. The molecule has 122 valence electrons. The van der Waals surface area contributed by atoms with Crippen LogP contribution in [-0.2, 0) is 6.54 Å². The van der Waals surface area contributed by atoms with Crippen molar-refractivity contribution in [3.8, 4) is 0 Å². The van der Waals surface area contributed by atoms with Crippen LogP contribution in [0.5, 0.6) is 0 Å². The highest BCUT2D eigenvalue weighted by molar-refractivity contribution is 6.30. The highest BCUT2D eigenvalue weighted by atomic mass is 35.5. The Morgan fingerprint density at radius 3 is 2.08 bits per heavy atom. The van der Waals surface area contributed by atoms with E-state index in [1.165, 1.54) is 0 Å². The topological polar surface area (TPSA) is 49.8 Å². The molecule has 0 radical (unpaired) electrons. The van der Waals surface area contributed by atoms with E-state index in [4.69, 9.17) is 23.2 Å². The molecule has 0 aliphatic heterocycles. The minimum absolute atomic E-state index is 0.661. The number of hydrogen-bond acceptors (Lipinski definition) is 4. The first-order valence-corrected chi connectivity index (χ1v) is 8.21. The normalized spacial score (nSPS) is 10.5. The van der Waals surface area contributed by atoms with Crippen LogP contribution in [0.2, 0.25) is 10.0 Å². The van der Waals surface area contributed by atoms with E-state index in [2.05, 4.69) is 20.6 Å². The summed E-state index contributed by atoms with van der Waals surface area (Å²) in [6.45, 7) is 2.52. The summed E-state index contributed by atoms with van der Waals surface area (Å²) < 4.78 is 0. The van der Waals surface area contributed by atoms with Crippen molar-refractivity contribution < 1.29 is 0 Å². The molecule has 2 aromatic carbocycles. The molecule has 0 atom stereocenters. The van der Waals surface area contributed by atoms with Gasteiger partial charge in [0.15, 0.2) is 0 Å². The average molecular weight is 359 g/mol. The molecule has 0 aliphatic rings. The van der Waals surface area contributed by atoms with Crippen LogP contribution in [0, 0.1) is 6.92 Å². The van der Waals surface area contributed by atoms with Crippen LogP contribution in [0.25, 0.3) is 0 Å². The zero-order chi connectivity index (χ0) is 16.9. The van der Waals surface area contributed by atoms with E-state index in [1.54, 1.807) is 0 Å². The van der Waals surface area contributed by atoms with Gasteiger partial charge >= 0.3 is 0 Å². The molecule has 0 bridgehead atoms. The number of benzene rings is 2. The summed E-state index contributed by atoms with van der Waals surface area (Å²) in [4.78, 5) is 8.82. The summed E-state index contributed by atoms with van der Waals surface area (Å²) in [6.07, 6.45) is 0. The van der Waals surface area contributed by atoms with Gasteiger partial charge in [-0.05, 0) is 48.9 Å². The SMILES string of the molecule is Cc1nc(NCc2ccc(Cl)cc2)cc(Nc2ccc(Cl)cc2)n1. The molecule has 3 rings (SSSR count). The van der Waals surface area contributed by atoms with E-state index in [-0.39, 0.29) is 0 Å². The number of anilines is 3. The fourth-order valence-corrected chi connectivity index (χ4v) is 2.45. The van der Waals surface area contributed by atoms with Crippen LogP contribution >= 0.6 is 23.2 Å². The first kappa shape index (κ1) is 16.6. The fourth-order valence-electron chi connectivity index (χ4n) is 2.20. The Hall–Kier alpha value is -2.30. The molecule has 0 spiro atoms. The van der Waals surface area contributed by atoms with Crippen molar-refractivity contribution in [1.29, 1.82) is 0 Å². The quantitative estimate of drug-likeness (QED) is 0.636. The number of aryl methyl sites for hydroxylation is 1. The molecule has 0 unspecified atom stereocenters. The Bertz CT molecular complexity index is 817. The van der Waals surface area contributed by atoms with Crippen molar-refractivity contribution in [3.05, 3.63) is 76.0 Å². The van der Waals surface area contributed by atoms with Crippen molar-refractivity contribution in [2.45, 2.75) is 13.5 Å². The summed E-state index contributed by atoms with van der Waals surface area (Å²) >= 11 is 11.8. The van der Waals surface area contributed by atoms with Crippen LogP contribution in [0.4, 0.5) is 17.3 Å². The van der Waals surface area contributed by atoms with Gasteiger partial charge < -0.3 is 10.6 Å². The third-order valence-corrected chi connectivity index (χ3v) is 3.85. The van der Waals surface area contributed by atoms with E-state index < -0.39 is 0 Å². The van der Waals surface area contributed by atoms with E-state index in [1.807, 2.05) is 61.5 Å². The molecule has 4 nitrogen and oxygen atoms in total. The van der Waals surface area contributed by atoms with Crippen molar-refractivity contribution >= 4 is 40.5 Å². The molecule has 24 heavy (non-hydrogen) atoms. The summed E-state index contributed by atoms with van der Waals surface area (Å²) in [5.74, 6) is 2.17. The van der Waals surface area contributed by atoms with Gasteiger partial charge in [0.2, 0.25) is 0 Å². The summed E-state index contributed by atoms with van der Waals surface area (Å²) in [7, 11) is 0. The molecule has 2 N–H and O–H groups in total. The third-order valence-electron chi connectivity index (χ3n) is 3.34. The molecule has 0 aliphatic carbocycles. The molecule has 3 aromatic rings. The number of rotatable bonds is 5. The fraction of sp³-hybridized carbons (Fsp3) is 0.111. The van der Waals surface area contributed by atoms with Crippen molar-refractivity contribution in [2.24, 2.45) is 0 Å². The molecular formula is C18H16Cl2N4. The maximum Gasteiger partial charge on any atom is 0.136 e. The third kappa shape index (κ3) is 4.60. The maximum absolute atomic E-state index is 5.90. The molecule has 1 aromatic heterocycles. The standard InChI is InChI=1S/C18H16Cl2N4/c1-12-22-17(21-11-13-2-4-14(19)5-3-13)10-18(23-12)24-16-8-6-15(20)7-9-16/h2-10H,11H2,1H3,(H2,21,22,23,24). The van der Waals surface area contributed by atoms with Gasteiger partial charge in [-0.1, -0.05) is 35.3 Å².